The van der Waals surface area contributed by atoms with Crippen LogP contribution in [-0.2, 0) is 11.2 Å². The van der Waals surface area contributed by atoms with Gasteiger partial charge in [0.15, 0.2) is 0 Å². The number of carbonyl (C=O) groups excluding carboxylic acids is 1. The summed E-state index contributed by atoms with van der Waals surface area (Å²) in [7, 11) is 1.99. The molecule has 1 amide bonds. The summed E-state index contributed by atoms with van der Waals surface area (Å²) in [5.41, 5.74) is 2.21. The third kappa shape index (κ3) is 3.20. The number of carbonyl (C=O) groups is 1. The molecule has 5 nitrogen and oxygen atoms in total. The third-order valence-corrected chi connectivity index (χ3v) is 6.38. The van der Waals surface area contributed by atoms with Crippen molar-refractivity contribution in [3.63, 3.8) is 0 Å². The van der Waals surface area contributed by atoms with Gasteiger partial charge in [0.25, 0.3) is 0 Å². The van der Waals surface area contributed by atoms with Crippen LogP contribution in [0, 0.1) is 6.92 Å². The van der Waals surface area contributed by atoms with Crippen molar-refractivity contribution < 1.29 is 4.79 Å². The van der Waals surface area contributed by atoms with E-state index in [0.29, 0.717) is 0 Å². The molecule has 2 fully saturated rings. The quantitative estimate of drug-likeness (QED) is 0.838. The van der Waals surface area contributed by atoms with Gasteiger partial charge in [0.05, 0.1) is 5.92 Å². The number of nitrogens with zero attached hydrogens (tertiary/aromatic N) is 4. The fourth-order valence-electron chi connectivity index (χ4n) is 4.66. The summed E-state index contributed by atoms with van der Waals surface area (Å²) in [5, 5.41) is 0. The van der Waals surface area contributed by atoms with Gasteiger partial charge in [-0.15, -0.1) is 0 Å². The van der Waals surface area contributed by atoms with Gasteiger partial charge in [0.1, 0.15) is 11.6 Å². The topological polar surface area (TPSA) is 49.3 Å². The van der Waals surface area contributed by atoms with E-state index < -0.39 is 0 Å². The van der Waals surface area contributed by atoms with Crippen LogP contribution in [0.15, 0.2) is 36.4 Å². The van der Waals surface area contributed by atoms with Crippen LogP contribution in [-0.4, -0.2) is 46.5 Å². The van der Waals surface area contributed by atoms with E-state index in [1.807, 2.05) is 37.1 Å². The highest BCUT2D eigenvalue weighted by molar-refractivity contribution is 5.87. The molecule has 1 spiro atoms. The fourth-order valence-corrected chi connectivity index (χ4v) is 4.66. The molecule has 1 aromatic heterocycles. The van der Waals surface area contributed by atoms with Gasteiger partial charge in [0.2, 0.25) is 5.91 Å². The van der Waals surface area contributed by atoms with Gasteiger partial charge in [-0.3, -0.25) is 4.79 Å². The number of benzene rings is 1. The van der Waals surface area contributed by atoms with Gasteiger partial charge in [-0.05, 0) is 38.2 Å². The summed E-state index contributed by atoms with van der Waals surface area (Å²) >= 11 is 0. The average Bonchev–Trinajstić information content (AvgIpc) is 2.94. The molecule has 5 heteroatoms. The first-order valence-corrected chi connectivity index (χ1v) is 9.94. The summed E-state index contributed by atoms with van der Waals surface area (Å²) < 4.78 is 0. The van der Waals surface area contributed by atoms with Gasteiger partial charge < -0.3 is 9.80 Å². The SMILES string of the molecule is CCc1cc(N2CCC3(CC2)C[C@@H](c2ccccc2)C(=O)N3C)nc(C)n1. The Morgan fingerprint density at radius 2 is 1.85 bits per heavy atom. The molecule has 0 unspecified atom stereocenters. The monoisotopic (exact) mass is 364 g/mol. The van der Waals surface area contributed by atoms with Crippen LogP contribution in [0.25, 0.3) is 0 Å². The molecule has 1 aromatic carbocycles. The Kier molecular flexibility index (Phi) is 4.62. The maximum absolute atomic E-state index is 13.0. The van der Waals surface area contributed by atoms with Gasteiger partial charge in [-0.1, -0.05) is 37.3 Å². The zero-order chi connectivity index (χ0) is 19.0. The second-order valence-corrected chi connectivity index (χ2v) is 7.89. The molecule has 4 rings (SSSR count). The summed E-state index contributed by atoms with van der Waals surface area (Å²) in [6.07, 6.45) is 3.82. The maximum Gasteiger partial charge on any atom is 0.230 e. The predicted octanol–water partition coefficient (Wildman–Crippen LogP) is 3.33. The van der Waals surface area contributed by atoms with Crippen LogP contribution < -0.4 is 4.90 Å². The summed E-state index contributed by atoms with van der Waals surface area (Å²) in [6.45, 7) is 5.94. The molecule has 0 bridgehead atoms. The number of likely N-dealkylation sites (N-methyl/N-ethyl adjacent to an activating group) is 1. The lowest BCUT2D eigenvalue weighted by atomic mass is 9.81. The van der Waals surface area contributed by atoms with E-state index >= 15 is 0 Å². The molecular weight excluding hydrogens is 336 g/mol. The van der Waals surface area contributed by atoms with Crippen molar-refractivity contribution in [2.45, 2.75) is 51.0 Å². The number of rotatable bonds is 3. The Labute approximate surface area is 161 Å². The molecule has 2 aliphatic heterocycles. The molecule has 0 aliphatic carbocycles. The van der Waals surface area contributed by atoms with Crippen LogP contribution in [0.5, 0.6) is 0 Å². The van der Waals surface area contributed by atoms with E-state index in [4.69, 9.17) is 0 Å². The van der Waals surface area contributed by atoms with Crippen LogP contribution in [0.2, 0.25) is 0 Å². The van der Waals surface area contributed by atoms with E-state index in [1.54, 1.807) is 0 Å². The summed E-state index contributed by atoms with van der Waals surface area (Å²) in [6, 6.07) is 12.3. The minimum absolute atomic E-state index is 0.00395. The minimum Gasteiger partial charge on any atom is -0.356 e. The highest BCUT2D eigenvalue weighted by Crippen LogP contribution is 2.45. The molecule has 2 aromatic rings. The Morgan fingerprint density at radius 1 is 1.15 bits per heavy atom. The molecule has 2 aliphatic rings. The molecule has 0 radical (unpaired) electrons. The Bertz CT molecular complexity index is 827. The van der Waals surface area contributed by atoms with Crippen molar-refractivity contribution >= 4 is 11.7 Å². The molecule has 0 saturated carbocycles. The minimum atomic E-state index is -0.0241. The summed E-state index contributed by atoms with van der Waals surface area (Å²) in [4.78, 5) is 26.5. The number of anilines is 1. The fraction of sp³-hybridized carbons (Fsp3) is 0.500. The molecular formula is C22H28N4O. The van der Waals surface area contributed by atoms with Crippen molar-refractivity contribution in [2.24, 2.45) is 0 Å². The van der Waals surface area contributed by atoms with E-state index in [2.05, 4.69) is 40.0 Å². The van der Waals surface area contributed by atoms with E-state index in [1.165, 1.54) is 0 Å². The highest BCUT2D eigenvalue weighted by atomic mass is 16.2. The molecule has 1 atom stereocenters. The Morgan fingerprint density at radius 3 is 2.52 bits per heavy atom. The highest BCUT2D eigenvalue weighted by Gasteiger charge is 2.50. The zero-order valence-electron chi connectivity index (χ0n) is 16.5. The normalized spacial score (nSPS) is 21.9. The predicted molar refractivity (Wildman–Crippen MR) is 107 cm³/mol. The van der Waals surface area contributed by atoms with Crippen molar-refractivity contribution in [3.8, 4) is 0 Å². The first-order chi connectivity index (χ1) is 13.0. The lowest BCUT2D eigenvalue weighted by molar-refractivity contribution is -0.131. The van der Waals surface area contributed by atoms with Crippen LogP contribution in [0.3, 0.4) is 0 Å². The number of hydrogen-bond donors (Lipinski definition) is 0. The largest absolute Gasteiger partial charge is 0.356 e. The van der Waals surface area contributed by atoms with Gasteiger partial charge in [0, 0.05) is 37.4 Å². The Hall–Kier alpha value is -2.43. The maximum atomic E-state index is 13.0. The number of piperidine rings is 1. The average molecular weight is 364 g/mol. The first-order valence-electron chi connectivity index (χ1n) is 9.94. The van der Waals surface area contributed by atoms with E-state index in [9.17, 15) is 4.79 Å². The first kappa shape index (κ1) is 18.0. The number of aryl methyl sites for hydroxylation is 2. The molecule has 27 heavy (non-hydrogen) atoms. The van der Waals surface area contributed by atoms with E-state index in [0.717, 1.165) is 61.7 Å². The number of aromatic nitrogens is 2. The number of hydrogen-bond acceptors (Lipinski definition) is 4. The van der Waals surface area contributed by atoms with Crippen LogP contribution in [0.4, 0.5) is 5.82 Å². The van der Waals surface area contributed by atoms with Crippen molar-refractivity contribution in [1.29, 1.82) is 0 Å². The third-order valence-electron chi connectivity index (χ3n) is 6.38. The number of amides is 1. The molecule has 0 N–H and O–H groups in total. The second-order valence-electron chi connectivity index (χ2n) is 7.89. The number of likely N-dealkylation sites (tertiary alicyclic amines) is 1. The van der Waals surface area contributed by atoms with Crippen molar-refractivity contribution in [2.75, 3.05) is 25.0 Å². The van der Waals surface area contributed by atoms with Crippen LogP contribution >= 0.6 is 0 Å². The summed E-state index contributed by atoms with van der Waals surface area (Å²) in [5.74, 6) is 2.12. The second kappa shape index (κ2) is 6.95. The molecule has 2 saturated heterocycles. The molecule has 142 valence electrons. The smallest absolute Gasteiger partial charge is 0.230 e. The van der Waals surface area contributed by atoms with Crippen molar-refractivity contribution in [1.82, 2.24) is 14.9 Å². The Balaban J connectivity index is 1.51. The van der Waals surface area contributed by atoms with Gasteiger partial charge in [-0.2, -0.15) is 0 Å². The van der Waals surface area contributed by atoms with Crippen molar-refractivity contribution in [3.05, 3.63) is 53.5 Å². The standard InChI is InChI=1S/C22H28N4O/c1-4-18-14-20(24-16(2)23-18)26-12-10-22(11-13-26)15-19(21(27)25(22)3)17-8-6-5-7-9-17/h5-9,14,19H,4,10-13,15H2,1-3H3/t19-/m0/s1. The van der Waals surface area contributed by atoms with Gasteiger partial charge in [-0.25, -0.2) is 9.97 Å². The van der Waals surface area contributed by atoms with Crippen LogP contribution in [0.1, 0.15) is 49.2 Å². The zero-order valence-corrected chi connectivity index (χ0v) is 16.5. The molecule has 3 heterocycles. The lowest BCUT2D eigenvalue weighted by Gasteiger charge is -2.44. The lowest BCUT2D eigenvalue weighted by Crippen LogP contribution is -2.51. The van der Waals surface area contributed by atoms with Gasteiger partial charge >= 0.3 is 0 Å². The van der Waals surface area contributed by atoms with E-state index in [-0.39, 0.29) is 17.4 Å².